The van der Waals surface area contributed by atoms with E-state index in [2.05, 4.69) is 0 Å². The minimum absolute atomic E-state index is 0.141. The number of halogens is 1. The number of nitrogens with zero attached hydrogens (tertiary/aromatic N) is 2. The first kappa shape index (κ1) is 15.8. The highest BCUT2D eigenvalue weighted by atomic mass is 19.1. The third-order valence-corrected chi connectivity index (χ3v) is 6.26. The number of nitrogens with two attached hydrogens (primary N) is 1. The molecular weight excluding hydrogens is 337 g/mol. The number of hydrogen-bond acceptors (Lipinski definition) is 4. The zero-order valence-corrected chi connectivity index (χ0v) is 14.2. The van der Waals surface area contributed by atoms with Crippen LogP contribution in [0.25, 0.3) is 10.9 Å². The Kier molecular flexibility index (Phi) is 3.22. The molecule has 3 fully saturated rings. The average molecular weight is 357 g/mol. The Hall–Kier alpha value is -2.41. The van der Waals surface area contributed by atoms with Crippen LogP contribution in [0.5, 0.6) is 0 Å². The van der Waals surface area contributed by atoms with E-state index < -0.39 is 17.2 Å². The number of piperidine rings is 1. The van der Waals surface area contributed by atoms with Gasteiger partial charge in [0.25, 0.3) is 0 Å². The van der Waals surface area contributed by atoms with E-state index in [0.717, 1.165) is 25.9 Å². The summed E-state index contributed by atoms with van der Waals surface area (Å²) in [5, 5.41) is 9.45. The van der Waals surface area contributed by atoms with Crippen LogP contribution in [0.4, 0.5) is 10.1 Å². The van der Waals surface area contributed by atoms with Crippen LogP contribution in [-0.2, 0) is 0 Å². The van der Waals surface area contributed by atoms with Crippen molar-refractivity contribution in [2.45, 2.75) is 18.9 Å². The summed E-state index contributed by atoms with van der Waals surface area (Å²) in [6.45, 7) is 2.26. The summed E-state index contributed by atoms with van der Waals surface area (Å²) in [6.07, 6.45) is 3.30. The molecule has 5 rings (SSSR count). The van der Waals surface area contributed by atoms with Gasteiger partial charge in [0.05, 0.1) is 11.2 Å². The Morgan fingerprint density at radius 3 is 2.54 bits per heavy atom. The molecule has 1 aliphatic heterocycles. The molecule has 1 unspecified atom stereocenters. The number of carbonyl (C=O) groups is 1. The molecule has 7 heteroatoms. The van der Waals surface area contributed by atoms with Crippen molar-refractivity contribution in [1.82, 2.24) is 4.57 Å². The Balaban J connectivity index is 1.63. The number of rotatable bonds is 4. The van der Waals surface area contributed by atoms with Crippen LogP contribution in [-0.4, -0.2) is 35.3 Å². The molecule has 3 atom stereocenters. The van der Waals surface area contributed by atoms with Gasteiger partial charge in [-0.15, -0.1) is 0 Å². The van der Waals surface area contributed by atoms with Crippen LogP contribution >= 0.6 is 0 Å². The zero-order valence-electron chi connectivity index (χ0n) is 14.2. The topological polar surface area (TPSA) is 88.6 Å². The van der Waals surface area contributed by atoms with Crippen LogP contribution in [0.1, 0.15) is 29.2 Å². The second-order valence-corrected chi connectivity index (χ2v) is 7.77. The molecule has 136 valence electrons. The molecule has 2 heterocycles. The number of hydrogen-bond donors (Lipinski definition) is 2. The Labute approximate surface area is 149 Å². The normalized spacial score (nSPS) is 27.0. The maximum Gasteiger partial charge on any atom is 0.341 e. The van der Waals surface area contributed by atoms with Gasteiger partial charge in [-0.1, -0.05) is 0 Å². The first-order valence-corrected chi connectivity index (χ1v) is 9.06. The van der Waals surface area contributed by atoms with Crippen molar-refractivity contribution in [3.63, 3.8) is 0 Å². The van der Waals surface area contributed by atoms with Crippen LogP contribution in [0, 0.1) is 23.6 Å². The van der Waals surface area contributed by atoms with Gasteiger partial charge >= 0.3 is 5.97 Å². The molecule has 2 aromatic rings. The average Bonchev–Trinajstić information content (AvgIpc) is 3.52. The lowest BCUT2D eigenvalue weighted by atomic mass is 10.1. The van der Waals surface area contributed by atoms with E-state index in [4.69, 9.17) is 5.73 Å². The maximum atomic E-state index is 14.8. The van der Waals surface area contributed by atoms with E-state index in [1.165, 1.54) is 12.3 Å². The smallest absolute Gasteiger partial charge is 0.341 e. The van der Waals surface area contributed by atoms with Crippen molar-refractivity contribution in [3.05, 3.63) is 39.9 Å². The predicted octanol–water partition coefficient (Wildman–Crippen LogP) is 1.81. The van der Waals surface area contributed by atoms with Crippen molar-refractivity contribution in [3.8, 4) is 0 Å². The first-order chi connectivity index (χ1) is 12.5. The first-order valence-electron chi connectivity index (χ1n) is 9.06. The van der Waals surface area contributed by atoms with Gasteiger partial charge in [0, 0.05) is 30.7 Å². The largest absolute Gasteiger partial charge is 0.477 e. The minimum Gasteiger partial charge on any atom is -0.477 e. The number of aromatic nitrogens is 1. The Morgan fingerprint density at radius 2 is 1.96 bits per heavy atom. The number of pyridine rings is 1. The molecule has 0 radical (unpaired) electrons. The highest BCUT2D eigenvalue weighted by Crippen LogP contribution is 2.52. The molecule has 6 nitrogen and oxygen atoms in total. The van der Waals surface area contributed by atoms with E-state index in [1.807, 2.05) is 9.47 Å². The van der Waals surface area contributed by atoms with E-state index in [-0.39, 0.29) is 17.0 Å². The van der Waals surface area contributed by atoms with Gasteiger partial charge in [0.15, 0.2) is 0 Å². The lowest BCUT2D eigenvalue weighted by Gasteiger charge is -2.23. The number of aromatic carboxylic acids is 1. The van der Waals surface area contributed by atoms with E-state index in [9.17, 15) is 19.1 Å². The van der Waals surface area contributed by atoms with Crippen LogP contribution in [0.2, 0.25) is 0 Å². The number of fused-ring (bicyclic) bond motifs is 2. The summed E-state index contributed by atoms with van der Waals surface area (Å²) in [6, 6.07) is 3.11. The molecule has 2 saturated carbocycles. The van der Waals surface area contributed by atoms with Gasteiger partial charge < -0.3 is 20.3 Å². The molecule has 0 bridgehead atoms. The fraction of sp³-hybridized carbons (Fsp3) is 0.474. The highest BCUT2D eigenvalue weighted by molar-refractivity contribution is 5.93. The number of anilines is 1. The van der Waals surface area contributed by atoms with Gasteiger partial charge in [0.1, 0.15) is 11.4 Å². The summed E-state index contributed by atoms with van der Waals surface area (Å²) in [7, 11) is 0. The van der Waals surface area contributed by atoms with Crippen molar-refractivity contribution in [2.24, 2.45) is 23.5 Å². The third kappa shape index (κ3) is 2.19. The van der Waals surface area contributed by atoms with Crippen LogP contribution in [0.3, 0.4) is 0 Å². The summed E-state index contributed by atoms with van der Waals surface area (Å²) >= 11 is 0. The Bertz CT molecular complexity index is 986. The van der Waals surface area contributed by atoms with E-state index in [1.54, 1.807) is 6.07 Å². The van der Waals surface area contributed by atoms with E-state index in [0.29, 0.717) is 35.5 Å². The van der Waals surface area contributed by atoms with Gasteiger partial charge in [-0.25, -0.2) is 9.18 Å². The fourth-order valence-electron chi connectivity index (χ4n) is 4.60. The minimum atomic E-state index is -1.27. The van der Waals surface area contributed by atoms with Crippen molar-refractivity contribution in [2.75, 3.05) is 24.5 Å². The zero-order chi connectivity index (χ0) is 18.2. The second kappa shape index (κ2) is 5.30. The summed E-state index contributed by atoms with van der Waals surface area (Å²) in [4.78, 5) is 25.9. The maximum absolute atomic E-state index is 14.8. The van der Waals surface area contributed by atoms with Gasteiger partial charge in [0.2, 0.25) is 5.43 Å². The molecular formula is C19H20FN3O3. The van der Waals surface area contributed by atoms with Gasteiger partial charge in [-0.2, -0.15) is 0 Å². The predicted molar refractivity (Wildman–Crippen MR) is 95.1 cm³/mol. The van der Waals surface area contributed by atoms with Gasteiger partial charge in [-0.3, -0.25) is 4.79 Å². The number of carboxylic acids is 1. The molecule has 0 spiro atoms. The summed E-state index contributed by atoms with van der Waals surface area (Å²) < 4.78 is 16.6. The molecule has 2 aliphatic carbocycles. The summed E-state index contributed by atoms with van der Waals surface area (Å²) in [5.74, 6) is -0.115. The van der Waals surface area contributed by atoms with Crippen LogP contribution in [0.15, 0.2) is 23.1 Å². The second-order valence-electron chi connectivity index (χ2n) is 7.77. The molecule has 3 aliphatic rings. The Morgan fingerprint density at radius 1 is 1.27 bits per heavy atom. The molecule has 1 saturated heterocycles. The summed E-state index contributed by atoms with van der Waals surface area (Å²) in [5.41, 5.74) is 5.94. The monoisotopic (exact) mass is 357 g/mol. The fourth-order valence-corrected chi connectivity index (χ4v) is 4.60. The number of benzene rings is 1. The molecule has 26 heavy (non-hydrogen) atoms. The molecule has 1 aromatic carbocycles. The van der Waals surface area contributed by atoms with Crippen molar-refractivity contribution in [1.29, 1.82) is 0 Å². The van der Waals surface area contributed by atoms with Crippen molar-refractivity contribution >= 4 is 22.6 Å². The lowest BCUT2D eigenvalue weighted by Crippen LogP contribution is -2.27. The molecule has 0 amide bonds. The SMILES string of the molecule is NCC1[C@H]2CN(c3cc4c(cc3F)c(=O)c(C(=O)O)cn4C3CC3)C[C@@H]12. The third-order valence-electron chi connectivity index (χ3n) is 6.26. The van der Waals surface area contributed by atoms with Crippen LogP contribution < -0.4 is 16.1 Å². The van der Waals surface area contributed by atoms with Gasteiger partial charge in [-0.05, 0) is 49.3 Å². The molecule has 1 aromatic heterocycles. The lowest BCUT2D eigenvalue weighted by molar-refractivity contribution is 0.0695. The van der Waals surface area contributed by atoms with E-state index >= 15 is 0 Å². The quantitative estimate of drug-likeness (QED) is 0.871. The highest BCUT2D eigenvalue weighted by Gasteiger charge is 2.54. The number of carboxylic acid groups (broad SMARTS) is 1. The standard InChI is InChI=1S/C19H20FN3O3/c20-15-3-10-16(4-17(15)22-6-12-11(5-21)13(12)7-22)23(9-1-2-9)8-14(18(10)24)19(25)26/h3-4,8-9,11-13H,1-2,5-7,21H2,(H,25,26)/t11?,12-,13+. The molecule has 3 N–H and O–H groups in total. The van der Waals surface area contributed by atoms with Crippen molar-refractivity contribution < 1.29 is 14.3 Å².